The van der Waals surface area contributed by atoms with E-state index in [0.717, 1.165) is 0 Å². The van der Waals surface area contributed by atoms with Crippen LogP contribution in [0, 0.1) is 0 Å². The molecular weight excluding hydrogens is 314 g/mol. The largest absolute Gasteiger partial charge is 0.464 e. The smallest absolute Gasteiger partial charge is 0.409 e. The van der Waals surface area contributed by atoms with Crippen LogP contribution in [0.3, 0.4) is 0 Å². The molecule has 0 aliphatic carbocycles. The summed E-state index contributed by atoms with van der Waals surface area (Å²) in [5.74, 6) is -1.79. The summed E-state index contributed by atoms with van der Waals surface area (Å²) < 4.78 is 15.1. The number of amides is 1. The number of carbonyl (C=O) groups excluding carboxylic acids is 3. The van der Waals surface area contributed by atoms with Crippen LogP contribution in [0.15, 0.2) is 18.4 Å². The van der Waals surface area contributed by atoms with E-state index in [1.54, 1.807) is 40.7 Å². The first-order chi connectivity index (χ1) is 11.1. The van der Waals surface area contributed by atoms with Crippen molar-refractivity contribution in [1.82, 2.24) is 5.32 Å². The van der Waals surface area contributed by atoms with E-state index in [4.69, 9.17) is 14.2 Å². The van der Waals surface area contributed by atoms with E-state index in [0.29, 0.717) is 0 Å². The molecule has 7 heteroatoms. The van der Waals surface area contributed by atoms with Gasteiger partial charge in [0.25, 0.3) is 0 Å². The highest BCUT2D eigenvalue weighted by molar-refractivity contribution is 6.07. The SMILES string of the molecule is C=C=CCCC(NC(=O)OC(C)(C)C)(C(=O)OCC)C(=O)OCC. The molecule has 24 heavy (non-hydrogen) atoms. The molecule has 0 unspecified atom stereocenters. The number of hydrogen-bond donors (Lipinski definition) is 1. The van der Waals surface area contributed by atoms with Crippen LogP contribution in [-0.2, 0) is 23.8 Å². The number of carbonyl (C=O) groups is 3. The zero-order chi connectivity index (χ0) is 18.8. The second-order valence-electron chi connectivity index (χ2n) is 5.92. The molecule has 0 heterocycles. The lowest BCUT2D eigenvalue weighted by Gasteiger charge is -2.31. The molecule has 0 aromatic carbocycles. The zero-order valence-corrected chi connectivity index (χ0v) is 15.1. The third-order valence-corrected chi connectivity index (χ3v) is 2.77. The van der Waals surface area contributed by atoms with Gasteiger partial charge in [-0.15, -0.1) is 5.73 Å². The van der Waals surface area contributed by atoms with Gasteiger partial charge in [0.1, 0.15) is 5.60 Å². The van der Waals surface area contributed by atoms with Crippen LogP contribution in [0.5, 0.6) is 0 Å². The molecule has 0 atom stereocenters. The maximum absolute atomic E-state index is 12.4. The predicted molar refractivity (Wildman–Crippen MR) is 88.3 cm³/mol. The Labute approximate surface area is 143 Å². The maximum atomic E-state index is 12.4. The van der Waals surface area contributed by atoms with Crippen molar-refractivity contribution >= 4 is 18.0 Å². The molecule has 1 amide bonds. The normalized spacial score (nSPS) is 11.0. The van der Waals surface area contributed by atoms with Gasteiger partial charge in [0.15, 0.2) is 0 Å². The summed E-state index contributed by atoms with van der Waals surface area (Å²) in [5, 5.41) is 2.34. The lowest BCUT2D eigenvalue weighted by atomic mass is 9.93. The van der Waals surface area contributed by atoms with Gasteiger partial charge in [-0.3, -0.25) is 5.32 Å². The van der Waals surface area contributed by atoms with Crippen molar-refractivity contribution < 1.29 is 28.6 Å². The molecule has 0 saturated carbocycles. The van der Waals surface area contributed by atoms with E-state index in [9.17, 15) is 14.4 Å². The molecule has 0 fully saturated rings. The second kappa shape index (κ2) is 9.78. The summed E-state index contributed by atoms with van der Waals surface area (Å²) in [6.45, 7) is 11.7. The van der Waals surface area contributed by atoms with Gasteiger partial charge in [0.05, 0.1) is 13.2 Å². The molecule has 0 spiro atoms. The standard InChI is InChI=1S/C17H27NO6/c1-7-10-11-12-17(13(19)22-8-2,14(20)23-9-3)18-15(21)24-16(4,5)6/h10H,1,8-9,11-12H2,2-6H3,(H,18,21). The van der Waals surface area contributed by atoms with E-state index in [1.807, 2.05) is 0 Å². The van der Waals surface area contributed by atoms with Crippen LogP contribution in [0.2, 0.25) is 0 Å². The van der Waals surface area contributed by atoms with Gasteiger partial charge >= 0.3 is 18.0 Å². The summed E-state index contributed by atoms with van der Waals surface area (Å²) in [6.07, 6.45) is 0.832. The van der Waals surface area contributed by atoms with Crippen molar-refractivity contribution in [3.8, 4) is 0 Å². The number of esters is 2. The monoisotopic (exact) mass is 341 g/mol. The summed E-state index contributed by atoms with van der Waals surface area (Å²) in [4.78, 5) is 37.0. The zero-order valence-electron chi connectivity index (χ0n) is 15.1. The molecule has 0 bridgehead atoms. The minimum absolute atomic E-state index is 0.0489. The molecule has 0 aromatic heterocycles. The summed E-state index contributed by atoms with van der Waals surface area (Å²) in [5.41, 5.74) is -0.225. The molecule has 0 radical (unpaired) electrons. The van der Waals surface area contributed by atoms with Crippen LogP contribution >= 0.6 is 0 Å². The first kappa shape index (κ1) is 21.7. The predicted octanol–water partition coefficient (Wildman–Crippen LogP) is 2.50. The maximum Gasteiger partial charge on any atom is 0.409 e. The first-order valence-corrected chi connectivity index (χ1v) is 7.82. The van der Waals surface area contributed by atoms with Crippen LogP contribution in [0.4, 0.5) is 4.79 Å². The highest BCUT2D eigenvalue weighted by atomic mass is 16.6. The number of nitrogens with one attached hydrogen (secondary N) is 1. The molecule has 0 saturated heterocycles. The Kier molecular flexibility index (Phi) is 8.85. The molecule has 0 aliphatic rings. The first-order valence-electron chi connectivity index (χ1n) is 7.82. The number of allylic oxidation sites excluding steroid dienone is 1. The third kappa shape index (κ3) is 6.87. The van der Waals surface area contributed by atoms with E-state index in [-0.39, 0.29) is 26.1 Å². The van der Waals surface area contributed by atoms with Gasteiger partial charge in [0, 0.05) is 0 Å². The summed E-state index contributed by atoms with van der Waals surface area (Å²) >= 11 is 0. The third-order valence-electron chi connectivity index (χ3n) is 2.77. The van der Waals surface area contributed by atoms with Gasteiger partial charge in [-0.05, 0) is 53.5 Å². The molecular formula is C17H27NO6. The molecule has 0 aromatic rings. The average Bonchev–Trinajstić information content (AvgIpc) is 2.44. The fraction of sp³-hybridized carbons (Fsp3) is 0.647. The Balaban J connectivity index is 5.68. The lowest BCUT2D eigenvalue weighted by Crippen LogP contribution is -2.62. The van der Waals surface area contributed by atoms with E-state index >= 15 is 0 Å². The highest BCUT2D eigenvalue weighted by Crippen LogP contribution is 2.20. The van der Waals surface area contributed by atoms with E-state index < -0.39 is 29.2 Å². The molecule has 7 nitrogen and oxygen atoms in total. The minimum atomic E-state index is -1.98. The van der Waals surface area contributed by atoms with Gasteiger partial charge in [-0.1, -0.05) is 6.58 Å². The molecule has 136 valence electrons. The van der Waals surface area contributed by atoms with Crippen LogP contribution in [-0.4, -0.2) is 42.4 Å². The highest BCUT2D eigenvalue weighted by Gasteiger charge is 2.50. The van der Waals surface area contributed by atoms with Crippen molar-refractivity contribution in [2.45, 2.75) is 58.6 Å². The Morgan fingerprint density at radius 2 is 1.58 bits per heavy atom. The van der Waals surface area contributed by atoms with Crippen LogP contribution in [0.1, 0.15) is 47.5 Å². The van der Waals surface area contributed by atoms with Crippen molar-refractivity contribution in [1.29, 1.82) is 0 Å². The fourth-order valence-electron chi connectivity index (χ4n) is 1.83. The van der Waals surface area contributed by atoms with Crippen molar-refractivity contribution in [3.63, 3.8) is 0 Å². The van der Waals surface area contributed by atoms with Crippen LogP contribution in [0.25, 0.3) is 0 Å². The number of rotatable bonds is 8. The van der Waals surface area contributed by atoms with Gasteiger partial charge in [-0.2, -0.15) is 0 Å². The fourth-order valence-corrected chi connectivity index (χ4v) is 1.83. The number of hydrogen-bond acceptors (Lipinski definition) is 6. The Morgan fingerprint density at radius 1 is 1.08 bits per heavy atom. The number of ether oxygens (including phenoxy) is 3. The average molecular weight is 341 g/mol. The quantitative estimate of drug-likeness (QED) is 0.316. The summed E-state index contributed by atoms with van der Waals surface area (Å²) in [7, 11) is 0. The van der Waals surface area contributed by atoms with Crippen LogP contribution < -0.4 is 5.32 Å². The lowest BCUT2D eigenvalue weighted by molar-refractivity contribution is -0.166. The summed E-state index contributed by atoms with van der Waals surface area (Å²) in [6, 6.07) is 0. The van der Waals surface area contributed by atoms with Gasteiger partial charge < -0.3 is 14.2 Å². The Bertz CT molecular complexity index is 482. The van der Waals surface area contributed by atoms with Crippen molar-refractivity contribution in [3.05, 3.63) is 18.4 Å². The van der Waals surface area contributed by atoms with Crippen molar-refractivity contribution in [2.24, 2.45) is 0 Å². The Morgan fingerprint density at radius 3 is 1.96 bits per heavy atom. The molecule has 1 N–H and O–H groups in total. The topological polar surface area (TPSA) is 90.9 Å². The second-order valence-corrected chi connectivity index (χ2v) is 5.92. The van der Waals surface area contributed by atoms with Gasteiger partial charge in [-0.25, -0.2) is 14.4 Å². The minimum Gasteiger partial charge on any atom is -0.464 e. The molecule has 0 rings (SSSR count). The number of alkyl carbamates (subject to hydrolysis) is 1. The molecule has 0 aliphatic heterocycles. The van der Waals surface area contributed by atoms with E-state index in [1.165, 1.54) is 0 Å². The van der Waals surface area contributed by atoms with E-state index in [2.05, 4.69) is 17.6 Å². The Hall–Kier alpha value is -2.27. The van der Waals surface area contributed by atoms with Crippen molar-refractivity contribution in [2.75, 3.05) is 13.2 Å². The van der Waals surface area contributed by atoms with Gasteiger partial charge in [0.2, 0.25) is 5.54 Å².